The van der Waals surface area contributed by atoms with E-state index in [9.17, 15) is 9.59 Å². The van der Waals surface area contributed by atoms with Crippen molar-refractivity contribution < 1.29 is 19.4 Å². The zero-order valence-electron chi connectivity index (χ0n) is 14.4. The highest BCUT2D eigenvalue weighted by atomic mass is 16.5. The van der Waals surface area contributed by atoms with Crippen molar-refractivity contribution in [3.05, 3.63) is 29.8 Å². The standard InChI is InChI=1S/C18H27NO4/c1-5-18(6-2,12-16(20)21)19-17(22)13(3)11-14-7-9-15(23-4)10-8-14/h7-10,13H,5-6,11-12H2,1-4H3,(H,19,22)(H,20,21). The van der Waals surface area contributed by atoms with Crippen LogP contribution >= 0.6 is 0 Å². The molecule has 0 aromatic heterocycles. The van der Waals surface area contributed by atoms with Gasteiger partial charge in [-0.3, -0.25) is 9.59 Å². The zero-order chi connectivity index (χ0) is 17.5. The second kappa shape index (κ2) is 8.56. The van der Waals surface area contributed by atoms with Crippen LogP contribution in [-0.4, -0.2) is 29.6 Å². The maximum atomic E-state index is 12.5. The molecule has 0 bridgehead atoms. The molecule has 1 unspecified atom stereocenters. The molecule has 1 aromatic carbocycles. The molecule has 1 rings (SSSR count). The minimum atomic E-state index is -0.892. The van der Waals surface area contributed by atoms with E-state index >= 15 is 0 Å². The topological polar surface area (TPSA) is 75.6 Å². The molecule has 0 fully saturated rings. The van der Waals surface area contributed by atoms with Gasteiger partial charge >= 0.3 is 5.97 Å². The number of ether oxygens (including phenoxy) is 1. The largest absolute Gasteiger partial charge is 0.497 e. The van der Waals surface area contributed by atoms with Crippen molar-refractivity contribution in [1.29, 1.82) is 0 Å². The molecule has 0 aliphatic heterocycles. The second-order valence-electron chi connectivity index (χ2n) is 6.00. The van der Waals surface area contributed by atoms with Gasteiger partial charge in [0.1, 0.15) is 5.75 Å². The molecule has 1 amide bonds. The molecule has 0 aliphatic carbocycles. The van der Waals surface area contributed by atoms with Gasteiger partial charge in [-0.1, -0.05) is 32.9 Å². The van der Waals surface area contributed by atoms with Crippen molar-refractivity contribution in [3.8, 4) is 5.75 Å². The summed E-state index contributed by atoms with van der Waals surface area (Å²) in [5.41, 5.74) is 0.377. The molecule has 23 heavy (non-hydrogen) atoms. The van der Waals surface area contributed by atoms with Gasteiger partial charge in [-0.25, -0.2) is 0 Å². The number of amides is 1. The summed E-state index contributed by atoms with van der Waals surface area (Å²) in [7, 11) is 1.61. The number of hydrogen-bond acceptors (Lipinski definition) is 3. The molecule has 5 nitrogen and oxygen atoms in total. The molecule has 0 aliphatic rings. The lowest BCUT2D eigenvalue weighted by Crippen LogP contribution is -2.50. The van der Waals surface area contributed by atoms with E-state index in [0.29, 0.717) is 19.3 Å². The third-order valence-electron chi connectivity index (χ3n) is 4.38. The summed E-state index contributed by atoms with van der Waals surface area (Å²) in [6.45, 7) is 5.66. The Balaban J connectivity index is 2.72. The van der Waals surface area contributed by atoms with E-state index in [1.807, 2.05) is 45.0 Å². The molecular formula is C18H27NO4. The number of carboxylic acids is 1. The van der Waals surface area contributed by atoms with Gasteiger partial charge in [-0.2, -0.15) is 0 Å². The fourth-order valence-corrected chi connectivity index (χ4v) is 2.60. The molecule has 0 radical (unpaired) electrons. The highest BCUT2D eigenvalue weighted by Gasteiger charge is 2.32. The molecule has 1 atom stereocenters. The first-order chi connectivity index (χ1) is 10.9. The Hall–Kier alpha value is -2.04. The minimum Gasteiger partial charge on any atom is -0.497 e. The lowest BCUT2D eigenvalue weighted by Gasteiger charge is -2.32. The van der Waals surface area contributed by atoms with Gasteiger partial charge in [0.15, 0.2) is 0 Å². The number of nitrogens with one attached hydrogen (secondary N) is 1. The monoisotopic (exact) mass is 321 g/mol. The van der Waals surface area contributed by atoms with Crippen LogP contribution in [-0.2, 0) is 16.0 Å². The first-order valence-corrected chi connectivity index (χ1v) is 8.02. The van der Waals surface area contributed by atoms with E-state index in [2.05, 4.69) is 5.32 Å². The molecule has 128 valence electrons. The zero-order valence-corrected chi connectivity index (χ0v) is 14.4. The van der Waals surface area contributed by atoms with Crippen LogP contribution in [0.1, 0.15) is 45.6 Å². The maximum Gasteiger partial charge on any atom is 0.305 e. The summed E-state index contributed by atoms with van der Waals surface area (Å²) in [6.07, 6.45) is 1.74. The van der Waals surface area contributed by atoms with Crippen molar-refractivity contribution in [1.82, 2.24) is 5.32 Å². The number of aliphatic carboxylic acids is 1. The van der Waals surface area contributed by atoms with E-state index in [0.717, 1.165) is 11.3 Å². The van der Waals surface area contributed by atoms with Gasteiger partial charge < -0.3 is 15.2 Å². The van der Waals surface area contributed by atoms with Crippen molar-refractivity contribution >= 4 is 11.9 Å². The van der Waals surface area contributed by atoms with Crippen LogP contribution in [0.15, 0.2) is 24.3 Å². The lowest BCUT2D eigenvalue weighted by molar-refractivity contribution is -0.139. The second-order valence-corrected chi connectivity index (χ2v) is 6.00. The maximum absolute atomic E-state index is 12.5. The number of rotatable bonds is 9. The van der Waals surface area contributed by atoms with Gasteiger partial charge in [-0.05, 0) is 37.0 Å². The van der Waals surface area contributed by atoms with Crippen molar-refractivity contribution in [2.45, 2.75) is 52.0 Å². The highest BCUT2D eigenvalue weighted by Crippen LogP contribution is 2.21. The molecule has 0 spiro atoms. The summed E-state index contributed by atoms with van der Waals surface area (Å²) >= 11 is 0. The predicted octanol–water partition coefficient (Wildman–Crippen LogP) is 3.02. The molecular weight excluding hydrogens is 294 g/mol. The molecule has 5 heteroatoms. The SMILES string of the molecule is CCC(CC)(CC(=O)O)NC(=O)C(C)Cc1ccc(OC)cc1. The molecule has 2 N–H and O–H groups in total. The van der Waals surface area contributed by atoms with E-state index in [-0.39, 0.29) is 18.2 Å². The van der Waals surface area contributed by atoms with Crippen molar-refractivity contribution in [2.75, 3.05) is 7.11 Å². The van der Waals surface area contributed by atoms with Crippen LogP contribution in [0, 0.1) is 5.92 Å². The van der Waals surface area contributed by atoms with Crippen LogP contribution in [0.3, 0.4) is 0 Å². The van der Waals surface area contributed by atoms with Gasteiger partial charge in [-0.15, -0.1) is 0 Å². The number of carbonyl (C=O) groups excluding carboxylic acids is 1. The van der Waals surface area contributed by atoms with E-state index < -0.39 is 11.5 Å². The van der Waals surface area contributed by atoms with Crippen molar-refractivity contribution in [3.63, 3.8) is 0 Å². The van der Waals surface area contributed by atoms with Crippen LogP contribution in [0.4, 0.5) is 0 Å². The highest BCUT2D eigenvalue weighted by molar-refractivity contribution is 5.80. The summed E-state index contributed by atoms with van der Waals surface area (Å²) in [5, 5.41) is 12.0. The third-order valence-corrected chi connectivity index (χ3v) is 4.38. The Morgan fingerprint density at radius 3 is 2.22 bits per heavy atom. The van der Waals surface area contributed by atoms with Crippen LogP contribution in [0.25, 0.3) is 0 Å². The van der Waals surface area contributed by atoms with E-state index in [4.69, 9.17) is 9.84 Å². The first-order valence-electron chi connectivity index (χ1n) is 8.02. The Kier molecular flexibility index (Phi) is 7.07. The summed E-state index contributed by atoms with van der Waals surface area (Å²) < 4.78 is 5.12. The van der Waals surface area contributed by atoms with Crippen LogP contribution in [0.5, 0.6) is 5.75 Å². The average molecular weight is 321 g/mol. The van der Waals surface area contributed by atoms with Crippen LogP contribution in [0.2, 0.25) is 0 Å². The number of hydrogen-bond donors (Lipinski definition) is 2. The van der Waals surface area contributed by atoms with E-state index in [1.165, 1.54) is 0 Å². The van der Waals surface area contributed by atoms with Gasteiger partial charge in [0, 0.05) is 11.5 Å². The predicted molar refractivity (Wildman–Crippen MR) is 89.6 cm³/mol. The lowest BCUT2D eigenvalue weighted by atomic mass is 9.87. The van der Waals surface area contributed by atoms with Gasteiger partial charge in [0.25, 0.3) is 0 Å². The summed E-state index contributed by atoms with van der Waals surface area (Å²) in [5.74, 6) is -0.444. The summed E-state index contributed by atoms with van der Waals surface area (Å²) in [6, 6.07) is 7.61. The Bertz CT molecular complexity index is 520. The Morgan fingerprint density at radius 1 is 1.22 bits per heavy atom. The fourth-order valence-electron chi connectivity index (χ4n) is 2.60. The summed E-state index contributed by atoms with van der Waals surface area (Å²) in [4.78, 5) is 23.5. The molecule has 1 aromatic rings. The average Bonchev–Trinajstić information content (AvgIpc) is 2.54. The fraction of sp³-hybridized carbons (Fsp3) is 0.556. The number of benzene rings is 1. The number of carboxylic acid groups (broad SMARTS) is 1. The van der Waals surface area contributed by atoms with Gasteiger partial charge in [0.2, 0.25) is 5.91 Å². The quantitative estimate of drug-likeness (QED) is 0.733. The normalized spacial score (nSPS) is 12.5. The van der Waals surface area contributed by atoms with E-state index in [1.54, 1.807) is 7.11 Å². The Labute approximate surface area is 138 Å². The van der Waals surface area contributed by atoms with Gasteiger partial charge in [0.05, 0.1) is 13.5 Å². The van der Waals surface area contributed by atoms with Crippen LogP contribution < -0.4 is 10.1 Å². The molecule has 0 saturated heterocycles. The number of carbonyl (C=O) groups is 2. The third kappa shape index (κ3) is 5.58. The Morgan fingerprint density at radius 2 is 1.78 bits per heavy atom. The van der Waals surface area contributed by atoms with Crippen molar-refractivity contribution in [2.24, 2.45) is 5.92 Å². The number of methoxy groups -OCH3 is 1. The molecule has 0 heterocycles. The minimum absolute atomic E-state index is 0.0546. The smallest absolute Gasteiger partial charge is 0.305 e. The first kappa shape index (κ1) is 19.0. The molecule has 0 saturated carbocycles.